The number of nitrogens with zero attached hydrogens (tertiary/aromatic N) is 1. The van der Waals surface area contributed by atoms with Crippen LogP contribution in [-0.4, -0.2) is 13.1 Å². The van der Waals surface area contributed by atoms with E-state index in [0.29, 0.717) is 0 Å². The predicted molar refractivity (Wildman–Crippen MR) is 61.2 cm³/mol. The fourth-order valence-corrected chi connectivity index (χ4v) is 1.87. The van der Waals surface area contributed by atoms with Crippen LogP contribution in [0.15, 0.2) is 24.3 Å². The first-order valence-corrected chi connectivity index (χ1v) is 5.17. The molecule has 0 spiro atoms. The molecule has 2 N–H and O–H groups in total. The molecule has 1 heterocycles. The zero-order valence-corrected chi connectivity index (χ0v) is 8.66. The van der Waals surface area contributed by atoms with Crippen LogP contribution < -0.4 is 10.6 Å². The average molecular weight is 189 g/mol. The molecular formula is C12H17N2-. The third-order valence-electron chi connectivity index (χ3n) is 2.85. The number of hydrogen-bond donors (Lipinski definition) is 1. The second-order valence-electron chi connectivity index (χ2n) is 4.04. The SMILES string of the molecule is C[C-]1CCN(c2cccc(N)c2)CC1. The zero-order valence-electron chi connectivity index (χ0n) is 8.66. The number of rotatable bonds is 1. The van der Waals surface area contributed by atoms with Gasteiger partial charge >= 0.3 is 0 Å². The lowest BCUT2D eigenvalue weighted by atomic mass is 9.99. The molecule has 2 nitrogen and oxygen atoms in total. The molecule has 0 aliphatic carbocycles. The van der Waals surface area contributed by atoms with Crippen molar-refractivity contribution in [3.63, 3.8) is 0 Å². The van der Waals surface area contributed by atoms with Crippen molar-refractivity contribution in [1.82, 2.24) is 0 Å². The third-order valence-corrected chi connectivity index (χ3v) is 2.85. The summed E-state index contributed by atoms with van der Waals surface area (Å²) >= 11 is 0. The lowest BCUT2D eigenvalue weighted by Crippen LogP contribution is -2.32. The summed E-state index contributed by atoms with van der Waals surface area (Å²) in [6.45, 7) is 4.52. The molecule has 2 rings (SSSR count). The molecule has 2 heteroatoms. The Hall–Kier alpha value is -1.18. The summed E-state index contributed by atoms with van der Waals surface area (Å²) in [5.74, 6) is 1.62. The van der Waals surface area contributed by atoms with Crippen molar-refractivity contribution in [2.45, 2.75) is 19.8 Å². The largest absolute Gasteiger partial charge is 0.399 e. The third kappa shape index (κ3) is 2.00. The van der Waals surface area contributed by atoms with E-state index in [0.717, 1.165) is 18.8 Å². The number of anilines is 2. The van der Waals surface area contributed by atoms with Gasteiger partial charge in [0.25, 0.3) is 0 Å². The molecule has 0 radical (unpaired) electrons. The van der Waals surface area contributed by atoms with E-state index < -0.39 is 0 Å². The van der Waals surface area contributed by atoms with Crippen LogP contribution in [-0.2, 0) is 0 Å². The van der Waals surface area contributed by atoms with E-state index in [1.165, 1.54) is 18.5 Å². The highest BCUT2D eigenvalue weighted by Gasteiger charge is 2.08. The number of piperidine rings is 1. The summed E-state index contributed by atoms with van der Waals surface area (Å²) in [6.07, 6.45) is 2.43. The molecule has 1 saturated heterocycles. The molecule has 0 unspecified atom stereocenters. The summed E-state index contributed by atoms with van der Waals surface area (Å²) < 4.78 is 0. The van der Waals surface area contributed by atoms with Gasteiger partial charge in [0.05, 0.1) is 0 Å². The number of benzene rings is 1. The molecule has 0 atom stereocenters. The average Bonchev–Trinajstić information content (AvgIpc) is 2.19. The first-order valence-electron chi connectivity index (χ1n) is 5.17. The van der Waals surface area contributed by atoms with Crippen molar-refractivity contribution in [2.24, 2.45) is 0 Å². The number of nitrogen functional groups attached to an aromatic ring is 1. The van der Waals surface area contributed by atoms with Gasteiger partial charge in [0.1, 0.15) is 0 Å². The van der Waals surface area contributed by atoms with Gasteiger partial charge in [-0.15, -0.1) is 0 Å². The van der Waals surface area contributed by atoms with E-state index >= 15 is 0 Å². The molecule has 1 aliphatic rings. The van der Waals surface area contributed by atoms with E-state index in [9.17, 15) is 0 Å². The molecule has 1 aromatic carbocycles. The molecule has 1 fully saturated rings. The Morgan fingerprint density at radius 2 is 2.00 bits per heavy atom. The summed E-state index contributed by atoms with van der Waals surface area (Å²) in [5, 5.41) is 0. The van der Waals surface area contributed by atoms with Crippen LogP contribution in [0, 0.1) is 5.92 Å². The Morgan fingerprint density at radius 3 is 2.64 bits per heavy atom. The van der Waals surface area contributed by atoms with Crippen molar-refractivity contribution >= 4 is 11.4 Å². The Balaban J connectivity index is 2.08. The minimum Gasteiger partial charge on any atom is -0.399 e. The van der Waals surface area contributed by atoms with Crippen LogP contribution in [0.1, 0.15) is 19.8 Å². The Labute approximate surface area is 85.7 Å². The van der Waals surface area contributed by atoms with Gasteiger partial charge in [-0.3, -0.25) is 0 Å². The summed E-state index contributed by atoms with van der Waals surface area (Å²) in [5.41, 5.74) is 7.88. The quantitative estimate of drug-likeness (QED) is 0.543. The smallest absolute Gasteiger partial charge is 0.0385 e. The van der Waals surface area contributed by atoms with Crippen LogP contribution in [0.5, 0.6) is 0 Å². The molecule has 1 aliphatic heterocycles. The molecule has 0 aromatic heterocycles. The topological polar surface area (TPSA) is 29.3 Å². The van der Waals surface area contributed by atoms with Crippen LogP contribution >= 0.6 is 0 Å². The summed E-state index contributed by atoms with van der Waals surface area (Å²) in [4.78, 5) is 2.41. The highest BCUT2D eigenvalue weighted by molar-refractivity contribution is 5.56. The van der Waals surface area contributed by atoms with E-state index in [1.54, 1.807) is 5.92 Å². The predicted octanol–water partition coefficient (Wildman–Crippen LogP) is 2.46. The van der Waals surface area contributed by atoms with Crippen LogP contribution in [0.2, 0.25) is 0 Å². The van der Waals surface area contributed by atoms with Gasteiger partial charge in [-0.05, 0) is 31.3 Å². The van der Waals surface area contributed by atoms with Crippen molar-refractivity contribution in [1.29, 1.82) is 0 Å². The van der Waals surface area contributed by atoms with Crippen LogP contribution in [0.4, 0.5) is 11.4 Å². The molecule has 14 heavy (non-hydrogen) atoms. The minimum atomic E-state index is 0.855. The fraction of sp³-hybridized carbons (Fsp3) is 0.417. The zero-order chi connectivity index (χ0) is 9.97. The van der Waals surface area contributed by atoms with Crippen LogP contribution in [0.3, 0.4) is 0 Å². The van der Waals surface area contributed by atoms with Gasteiger partial charge < -0.3 is 16.6 Å². The van der Waals surface area contributed by atoms with Gasteiger partial charge in [0.2, 0.25) is 0 Å². The molecule has 0 saturated carbocycles. The Morgan fingerprint density at radius 1 is 1.29 bits per heavy atom. The van der Waals surface area contributed by atoms with E-state index in [2.05, 4.69) is 24.0 Å². The maximum atomic E-state index is 5.76. The maximum absolute atomic E-state index is 5.76. The van der Waals surface area contributed by atoms with Gasteiger partial charge in [0.15, 0.2) is 0 Å². The fourth-order valence-electron chi connectivity index (χ4n) is 1.87. The van der Waals surface area contributed by atoms with Crippen molar-refractivity contribution in [2.75, 3.05) is 23.7 Å². The normalized spacial score (nSPS) is 18.5. The first kappa shape index (κ1) is 9.38. The van der Waals surface area contributed by atoms with Gasteiger partial charge in [-0.25, -0.2) is 0 Å². The molecule has 1 aromatic rings. The second kappa shape index (κ2) is 3.91. The highest BCUT2D eigenvalue weighted by atomic mass is 15.1. The van der Waals surface area contributed by atoms with E-state index in [4.69, 9.17) is 5.73 Å². The van der Waals surface area contributed by atoms with Crippen molar-refractivity contribution in [3.8, 4) is 0 Å². The molecule has 76 valence electrons. The minimum absolute atomic E-state index is 0.855. The molecule has 0 bridgehead atoms. The first-order chi connectivity index (χ1) is 6.75. The second-order valence-corrected chi connectivity index (χ2v) is 4.04. The van der Waals surface area contributed by atoms with Gasteiger partial charge in [0, 0.05) is 11.4 Å². The van der Waals surface area contributed by atoms with Gasteiger partial charge in [-0.2, -0.15) is 19.8 Å². The lowest BCUT2D eigenvalue weighted by Gasteiger charge is -2.39. The number of hydrogen-bond acceptors (Lipinski definition) is 2. The van der Waals surface area contributed by atoms with Crippen molar-refractivity contribution in [3.05, 3.63) is 30.2 Å². The van der Waals surface area contributed by atoms with E-state index in [-0.39, 0.29) is 0 Å². The molecule has 0 amide bonds. The van der Waals surface area contributed by atoms with E-state index in [1.807, 2.05) is 12.1 Å². The summed E-state index contributed by atoms with van der Waals surface area (Å²) in [7, 11) is 0. The highest BCUT2D eigenvalue weighted by Crippen LogP contribution is 2.24. The van der Waals surface area contributed by atoms with Crippen molar-refractivity contribution < 1.29 is 0 Å². The standard InChI is InChI=1S/C12H17N2/c1-10-5-7-14(8-6-10)12-4-2-3-11(13)9-12/h2-4,9H,5-8,13H2,1H3/q-1. The number of nitrogens with two attached hydrogens (primary N) is 1. The summed E-state index contributed by atoms with van der Waals surface area (Å²) in [6, 6.07) is 8.15. The monoisotopic (exact) mass is 189 g/mol. The Bertz CT molecular complexity index is 301. The maximum Gasteiger partial charge on any atom is 0.0385 e. The van der Waals surface area contributed by atoms with Crippen LogP contribution in [0.25, 0.3) is 0 Å². The van der Waals surface area contributed by atoms with Gasteiger partial charge in [-0.1, -0.05) is 6.07 Å². The Kier molecular flexibility index (Phi) is 2.62. The molecular weight excluding hydrogens is 172 g/mol. The lowest BCUT2D eigenvalue weighted by molar-refractivity contribution is 0.614.